The molecule has 0 bridgehead atoms. The van der Waals surface area contributed by atoms with E-state index in [0.29, 0.717) is 5.92 Å². The second-order valence-corrected chi connectivity index (χ2v) is 4.45. The number of hydrogen-bond donors (Lipinski definition) is 1. The first-order valence-electron chi connectivity index (χ1n) is 6.20. The molecule has 0 atom stereocenters. The van der Waals surface area contributed by atoms with Crippen molar-refractivity contribution < 1.29 is 4.74 Å². The minimum Gasteiger partial charge on any atom is -0.380 e. The van der Waals surface area contributed by atoms with Crippen LogP contribution in [-0.4, -0.2) is 44.3 Å². The Kier molecular flexibility index (Phi) is 10.3. The fourth-order valence-corrected chi connectivity index (χ4v) is 1.57. The molecule has 0 radical (unpaired) electrons. The third-order valence-electron chi connectivity index (χ3n) is 2.20. The molecule has 0 aromatic heterocycles. The van der Waals surface area contributed by atoms with Crippen LogP contribution in [0.4, 0.5) is 0 Å². The summed E-state index contributed by atoms with van der Waals surface area (Å²) < 4.78 is 5.50. The van der Waals surface area contributed by atoms with Crippen LogP contribution in [0.3, 0.4) is 0 Å². The van der Waals surface area contributed by atoms with Gasteiger partial charge in [-0.2, -0.15) is 0 Å². The molecule has 0 aliphatic rings. The van der Waals surface area contributed by atoms with Gasteiger partial charge in [0.1, 0.15) is 0 Å². The van der Waals surface area contributed by atoms with Crippen LogP contribution < -0.4 is 5.73 Å². The second-order valence-electron chi connectivity index (χ2n) is 4.45. The van der Waals surface area contributed by atoms with E-state index in [1.54, 1.807) is 0 Å². The van der Waals surface area contributed by atoms with Crippen molar-refractivity contribution in [3.8, 4) is 0 Å². The molecule has 0 saturated carbocycles. The first kappa shape index (κ1) is 14.9. The van der Waals surface area contributed by atoms with E-state index in [0.717, 1.165) is 52.2 Å². The summed E-state index contributed by atoms with van der Waals surface area (Å²) >= 11 is 0. The number of nitrogens with two attached hydrogens (primary N) is 1. The van der Waals surface area contributed by atoms with E-state index in [4.69, 9.17) is 10.5 Å². The van der Waals surface area contributed by atoms with Gasteiger partial charge in [0.05, 0.1) is 6.61 Å². The van der Waals surface area contributed by atoms with Crippen LogP contribution >= 0.6 is 0 Å². The molecular weight excluding hydrogens is 188 g/mol. The predicted molar refractivity (Wildman–Crippen MR) is 66.1 cm³/mol. The zero-order valence-electron chi connectivity index (χ0n) is 10.7. The minimum absolute atomic E-state index is 0.717. The average molecular weight is 216 g/mol. The van der Waals surface area contributed by atoms with Gasteiger partial charge >= 0.3 is 0 Å². The van der Waals surface area contributed by atoms with Crippen molar-refractivity contribution >= 4 is 0 Å². The molecule has 0 aliphatic heterocycles. The molecule has 0 aromatic carbocycles. The Bertz CT molecular complexity index is 129. The van der Waals surface area contributed by atoms with Crippen molar-refractivity contribution in [1.29, 1.82) is 0 Å². The zero-order valence-corrected chi connectivity index (χ0v) is 10.7. The highest BCUT2D eigenvalue weighted by atomic mass is 16.5. The molecule has 0 fully saturated rings. The molecule has 0 unspecified atom stereocenters. The normalized spacial score (nSPS) is 11.6. The highest BCUT2D eigenvalue weighted by Crippen LogP contribution is 1.99. The quantitative estimate of drug-likeness (QED) is 0.565. The molecule has 3 nitrogen and oxygen atoms in total. The number of ether oxygens (including phenoxy) is 1. The SMILES string of the molecule is CCCOCCN(CCCN)CC(C)C. The van der Waals surface area contributed by atoms with Gasteiger partial charge in [-0.05, 0) is 31.8 Å². The number of nitrogens with zero attached hydrogens (tertiary/aromatic N) is 1. The van der Waals surface area contributed by atoms with Gasteiger partial charge in [-0.15, -0.1) is 0 Å². The van der Waals surface area contributed by atoms with Gasteiger partial charge in [-0.3, -0.25) is 0 Å². The maximum Gasteiger partial charge on any atom is 0.0593 e. The van der Waals surface area contributed by atoms with Gasteiger partial charge in [-0.25, -0.2) is 0 Å². The fraction of sp³-hybridized carbons (Fsp3) is 1.00. The number of hydrogen-bond acceptors (Lipinski definition) is 3. The summed E-state index contributed by atoms with van der Waals surface area (Å²) in [6.07, 6.45) is 2.19. The third-order valence-corrected chi connectivity index (χ3v) is 2.20. The largest absolute Gasteiger partial charge is 0.380 e. The fourth-order valence-electron chi connectivity index (χ4n) is 1.57. The van der Waals surface area contributed by atoms with E-state index in [1.807, 2.05) is 0 Å². The Hall–Kier alpha value is -0.120. The summed E-state index contributed by atoms with van der Waals surface area (Å²) in [6.45, 7) is 12.4. The smallest absolute Gasteiger partial charge is 0.0593 e. The summed E-state index contributed by atoms with van der Waals surface area (Å²) in [5.74, 6) is 0.717. The first-order chi connectivity index (χ1) is 7.20. The number of rotatable bonds is 10. The third kappa shape index (κ3) is 10.2. The minimum atomic E-state index is 0.717. The van der Waals surface area contributed by atoms with Crippen LogP contribution in [0.25, 0.3) is 0 Å². The maximum absolute atomic E-state index is 5.53. The van der Waals surface area contributed by atoms with Crippen molar-refractivity contribution in [2.24, 2.45) is 11.7 Å². The lowest BCUT2D eigenvalue weighted by Gasteiger charge is -2.23. The molecule has 92 valence electrons. The van der Waals surface area contributed by atoms with E-state index in [1.165, 1.54) is 0 Å². The molecule has 0 amide bonds. The van der Waals surface area contributed by atoms with Crippen LogP contribution in [0.5, 0.6) is 0 Å². The van der Waals surface area contributed by atoms with Gasteiger partial charge in [0.25, 0.3) is 0 Å². The van der Waals surface area contributed by atoms with Crippen LogP contribution in [-0.2, 0) is 4.74 Å². The van der Waals surface area contributed by atoms with Gasteiger partial charge in [0, 0.05) is 19.7 Å². The molecular formula is C12H28N2O. The second kappa shape index (κ2) is 10.4. The maximum atomic E-state index is 5.53. The van der Waals surface area contributed by atoms with Gasteiger partial charge in [0.2, 0.25) is 0 Å². The summed E-state index contributed by atoms with van der Waals surface area (Å²) in [5, 5.41) is 0. The van der Waals surface area contributed by atoms with Crippen LogP contribution in [0.15, 0.2) is 0 Å². The zero-order chi connectivity index (χ0) is 11.5. The molecule has 0 rings (SSSR count). The highest BCUT2D eigenvalue weighted by molar-refractivity contribution is 4.60. The lowest BCUT2D eigenvalue weighted by Crippen LogP contribution is -2.33. The Balaban J connectivity index is 3.59. The molecule has 3 heteroatoms. The summed E-state index contributed by atoms with van der Waals surface area (Å²) in [7, 11) is 0. The van der Waals surface area contributed by atoms with Crippen molar-refractivity contribution in [2.45, 2.75) is 33.6 Å². The topological polar surface area (TPSA) is 38.5 Å². The Morgan fingerprint density at radius 1 is 1.20 bits per heavy atom. The van der Waals surface area contributed by atoms with E-state index in [9.17, 15) is 0 Å². The van der Waals surface area contributed by atoms with E-state index in [-0.39, 0.29) is 0 Å². The van der Waals surface area contributed by atoms with E-state index < -0.39 is 0 Å². The van der Waals surface area contributed by atoms with Crippen LogP contribution in [0, 0.1) is 5.92 Å². The standard InChI is InChI=1S/C12H28N2O/c1-4-9-15-10-8-14(7-5-6-13)11-12(2)3/h12H,4-11,13H2,1-3H3. The summed E-state index contributed by atoms with van der Waals surface area (Å²) in [4.78, 5) is 2.45. The van der Waals surface area contributed by atoms with Gasteiger partial charge < -0.3 is 15.4 Å². The molecule has 15 heavy (non-hydrogen) atoms. The Labute approximate surface area is 95.0 Å². The first-order valence-corrected chi connectivity index (χ1v) is 6.20. The lowest BCUT2D eigenvalue weighted by molar-refractivity contribution is 0.0994. The Morgan fingerprint density at radius 2 is 1.93 bits per heavy atom. The molecule has 0 saturated heterocycles. The lowest BCUT2D eigenvalue weighted by atomic mass is 10.2. The molecule has 2 N–H and O–H groups in total. The molecule has 0 aromatic rings. The van der Waals surface area contributed by atoms with Crippen LogP contribution in [0.2, 0.25) is 0 Å². The monoisotopic (exact) mass is 216 g/mol. The van der Waals surface area contributed by atoms with Crippen molar-refractivity contribution in [3.63, 3.8) is 0 Å². The highest BCUT2D eigenvalue weighted by Gasteiger charge is 2.06. The Morgan fingerprint density at radius 3 is 2.47 bits per heavy atom. The van der Waals surface area contributed by atoms with Gasteiger partial charge in [-0.1, -0.05) is 20.8 Å². The predicted octanol–water partition coefficient (Wildman–Crippen LogP) is 1.72. The molecule has 0 heterocycles. The van der Waals surface area contributed by atoms with Crippen LogP contribution in [0.1, 0.15) is 33.6 Å². The average Bonchev–Trinajstić information content (AvgIpc) is 2.19. The molecule has 0 aliphatic carbocycles. The van der Waals surface area contributed by atoms with E-state index in [2.05, 4.69) is 25.7 Å². The van der Waals surface area contributed by atoms with E-state index >= 15 is 0 Å². The summed E-state index contributed by atoms with van der Waals surface area (Å²) in [6, 6.07) is 0. The summed E-state index contributed by atoms with van der Waals surface area (Å²) in [5.41, 5.74) is 5.53. The van der Waals surface area contributed by atoms with Crippen molar-refractivity contribution in [3.05, 3.63) is 0 Å². The van der Waals surface area contributed by atoms with Gasteiger partial charge in [0.15, 0.2) is 0 Å². The molecule has 0 spiro atoms. The van der Waals surface area contributed by atoms with Crippen molar-refractivity contribution in [1.82, 2.24) is 4.90 Å². The van der Waals surface area contributed by atoms with Crippen molar-refractivity contribution in [2.75, 3.05) is 39.4 Å².